The normalized spacial score (nSPS) is 19.2. The number of hydrogen-bond acceptors (Lipinski definition) is 4. The molecule has 2 rings (SSSR count). The van der Waals surface area contributed by atoms with E-state index >= 15 is 0 Å². The van der Waals surface area contributed by atoms with Crippen LogP contribution in [0.5, 0.6) is 0 Å². The molecule has 1 fully saturated rings. The Morgan fingerprint density at radius 3 is 2.67 bits per heavy atom. The maximum Gasteiger partial charge on any atom is 0.238 e. The van der Waals surface area contributed by atoms with E-state index in [9.17, 15) is 4.79 Å². The van der Waals surface area contributed by atoms with Crippen molar-refractivity contribution in [1.82, 2.24) is 10.1 Å². The summed E-state index contributed by atoms with van der Waals surface area (Å²) in [5.74, 6) is 0.653. The largest absolute Gasteiger partial charge is 0.338 e. The van der Waals surface area contributed by atoms with Gasteiger partial charge in [-0.3, -0.25) is 4.79 Å². The lowest BCUT2D eigenvalue weighted by molar-refractivity contribution is 0.100. The summed E-state index contributed by atoms with van der Waals surface area (Å²) < 4.78 is 4.97. The Morgan fingerprint density at radius 1 is 1.58 bits per heavy atom. The molecule has 1 heterocycles. The Kier molecular flexibility index (Phi) is 1.34. The minimum atomic E-state index is -0.144. The second-order valence-electron chi connectivity index (χ2n) is 3.54. The Hall–Kier alpha value is -1.19. The maximum atomic E-state index is 10.8. The average Bonchev–Trinajstić information content (AvgIpc) is 2.61. The van der Waals surface area contributed by atoms with E-state index in [1.807, 2.05) is 0 Å². The van der Waals surface area contributed by atoms with Crippen LogP contribution < -0.4 is 0 Å². The summed E-state index contributed by atoms with van der Waals surface area (Å²) in [5.41, 5.74) is 0.0562. The van der Waals surface area contributed by atoms with E-state index in [2.05, 4.69) is 17.1 Å². The highest BCUT2D eigenvalue weighted by Gasteiger charge is 2.44. The third-order valence-corrected chi connectivity index (χ3v) is 2.26. The van der Waals surface area contributed by atoms with E-state index in [1.54, 1.807) is 0 Å². The van der Waals surface area contributed by atoms with Crippen LogP contribution in [0.25, 0.3) is 0 Å². The summed E-state index contributed by atoms with van der Waals surface area (Å²) in [4.78, 5) is 14.8. The minimum Gasteiger partial charge on any atom is -0.338 e. The summed E-state index contributed by atoms with van der Waals surface area (Å²) in [7, 11) is 0. The number of carbonyl (C=O) groups is 1. The molecule has 0 amide bonds. The SMILES string of the molecule is CC(=O)c1noc(C2(C)CC2)n1. The Bertz CT molecular complexity index is 326. The molecule has 0 saturated heterocycles. The van der Waals surface area contributed by atoms with Gasteiger partial charge in [0.25, 0.3) is 0 Å². The van der Waals surface area contributed by atoms with Crippen molar-refractivity contribution in [3.8, 4) is 0 Å². The van der Waals surface area contributed by atoms with Gasteiger partial charge in [0.15, 0.2) is 0 Å². The van der Waals surface area contributed by atoms with E-state index in [1.165, 1.54) is 6.92 Å². The van der Waals surface area contributed by atoms with Gasteiger partial charge in [0.05, 0.1) is 0 Å². The van der Waals surface area contributed by atoms with Crippen molar-refractivity contribution in [3.05, 3.63) is 11.7 Å². The molecule has 1 aromatic rings. The van der Waals surface area contributed by atoms with Crippen LogP contribution in [-0.2, 0) is 5.41 Å². The zero-order valence-corrected chi connectivity index (χ0v) is 7.13. The molecule has 0 bridgehead atoms. The second kappa shape index (κ2) is 2.15. The summed E-state index contributed by atoms with van der Waals surface area (Å²) >= 11 is 0. The fourth-order valence-electron chi connectivity index (χ4n) is 1.01. The first-order valence-electron chi connectivity index (χ1n) is 3.97. The van der Waals surface area contributed by atoms with E-state index in [-0.39, 0.29) is 17.0 Å². The van der Waals surface area contributed by atoms with Gasteiger partial charge in [-0.1, -0.05) is 12.1 Å². The highest BCUT2D eigenvalue weighted by molar-refractivity contribution is 5.89. The van der Waals surface area contributed by atoms with Crippen LogP contribution in [0.1, 0.15) is 43.2 Å². The van der Waals surface area contributed by atoms with Gasteiger partial charge in [-0.05, 0) is 12.8 Å². The predicted molar refractivity (Wildman–Crippen MR) is 40.9 cm³/mol. The van der Waals surface area contributed by atoms with Gasteiger partial charge in [0.2, 0.25) is 17.5 Å². The number of hydrogen-bond donors (Lipinski definition) is 0. The topological polar surface area (TPSA) is 56.0 Å². The van der Waals surface area contributed by atoms with Gasteiger partial charge in [-0.25, -0.2) is 0 Å². The van der Waals surface area contributed by atoms with Gasteiger partial charge in [0.1, 0.15) is 0 Å². The molecule has 1 aromatic heterocycles. The summed E-state index contributed by atoms with van der Waals surface area (Å²) in [6, 6.07) is 0. The lowest BCUT2D eigenvalue weighted by atomic mass is 10.1. The Labute approximate surface area is 70.0 Å². The maximum absolute atomic E-state index is 10.8. The Morgan fingerprint density at radius 2 is 2.25 bits per heavy atom. The monoisotopic (exact) mass is 166 g/mol. The number of nitrogens with zero attached hydrogens (tertiary/aromatic N) is 2. The smallest absolute Gasteiger partial charge is 0.238 e. The van der Waals surface area contributed by atoms with E-state index < -0.39 is 0 Å². The van der Waals surface area contributed by atoms with Crippen LogP contribution in [0.2, 0.25) is 0 Å². The van der Waals surface area contributed by atoms with Crippen molar-refractivity contribution in [2.24, 2.45) is 0 Å². The fourth-order valence-corrected chi connectivity index (χ4v) is 1.01. The van der Waals surface area contributed by atoms with Gasteiger partial charge < -0.3 is 4.52 Å². The molecule has 12 heavy (non-hydrogen) atoms. The molecule has 64 valence electrons. The summed E-state index contributed by atoms with van der Waals surface area (Å²) in [6.45, 7) is 3.49. The van der Waals surface area contributed by atoms with E-state index in [0.29, 0.717) is 5.89 Å². The molecular weight excluding hydrogens is 156 g/mol. The molecule has 4 nitrogen and oxygen atoms in total. The first-order chi connectivity index (χ1) is 5.62. The number of Topliss-reactive ketones (excluding diaryl/α,β-unsaturated/α-hetero) is 1. The molecule has 0 N–H and O–H groups in total. The quantitative estimate of drug-likeness (QED) is 0.622. The van der Waals surface area contributed by atoms with Crippen LogP contribution >= 0.6 is 0 Å². The lowest BCUT2D eigenvalue weighted by Crippen LogP contribution is -2.01. The zero-order chi connectivity index (χ0) is 8.77. The first-order valence-corrected chi connectivity index (χ1v) is 3.97. The molecule has 0 aliphatic heterocycles. The van der Waals surface area contributed by atoms with Gasteiger partial charge in [-0.15, -0.1) is 0 Å². The van der Waals surface area contributed by atoms with E-state index in [0.717, 1.165) is 12.8 Å². The van der Waals surface area contributed by atoms with Crippen molar-refractivity contribution < 1.29 is 9.32 Å². The van der Waals surface area contributed by atoms with Gasteiger partial charge in [0, 0.05) is 12.3 Å². The third kappa shape index (κ3) is 1.03. The molecule has 0 aromatic carbocycles. The van der Waals surface area contributed by atoms with Crippen LogP contribution in [0, 0.1) is 0 Å². The molecule has 4 heteroatoms. The minimum absolute atomic E-state index is 0.0562. The molecule has 1 saturated carbocycles. The molecule has 0 atom stereocenters. The van der Waals surface area contributed by atoms with Crippen LogP contribution in [0.4, 0.5) is 0 Å². The molecule has 0 unspecified atom stereocenters. The first kappa shape index (κ1) is 7.46. The highest BCUT2D eigenvalue weighted by atomic mass is 16.5. The highest BCUT2D eigenvalue weighted by Crippen LogP contribution is 2.46. The van der Waals surface area contributed by atoms with Crippen LogP contribution in [-0.4, -0.2) is 15.9 Å². The summed E-state index contributed by atoms with van der Waals surface area (Å²) in [5, 5.41) is 3.59. The summed E-state index contributed by atoms with van der Waals surface area (Å²) in [6.07, 6.45) is 2.15. The number of aromatic nitrogens is 2. The van der Waals surface area contributed by atoms with Crippen molar-refractivity contribution in [3.63, 3.8) is 0 Å². The second-order valence-corrected chi connectivity index (χ2v) is 3.54. The van der Waals surface area contributed by atoms with Crippen molar-refractivity contribution in [2.45, 2.75) is 32.1 Å². The fraction of sp³-hybridized carbons (Fsp3) is 0.625. The lowest BCUT2D eigenvalue weighted by Gasteiger charge is -1.96. The third-order valence-electron chi connectivity index (χ3n) is 2.26. The average molecular weight is 166 g/mol. The standard InChI is InChI=1S/C8H10N2O2/c1-5(11)6-9-7(12-10-6)8(2)3-4-8/h3-4H2,1-2H3. The zero-order valence-electron chi connectivity index (χ0n) is 7.13. The number of carbonyl (C=O) groups excluding carboxylic acids is 1. The van der Waals surface area contributed by atoms with Crippen molar-refractivity contribution >= 4 is 5.78 Å². The predicted octanol–water partition coefficient (Wildman–Crippen LogP) is 1.32. The molecule has 1 aliphatic carbocycles. The van der Waals surface area contributed by atoms with E-state index in [4.69, 9.17) is 4.52 Å². The number of ketones is 1. The van der Waals surface area contributed by atoms with Crippen LogP contribution in [0.3, 0.4) is 0 Å². The molecule has 0 radical (unpaired) electrons. The molecule has 0 spiro atoms. The molecule has 1 aliphatic rings. The molecular formula is C8H10N2O2. The van der Waals surface area contributed by atoms with Crippen molar-refractivity contribution in [2.75, 3.05) is 0 Å². The van der Waals surface area contributed by atoms with Gasteiger partial charge in [-0.2, -0.15) is 4.98 Å². The van der Waals surface area contributed by atoms with Crippen molar-refractivity contribution in [1.29, 1.82) is 0 Å². The van der Waals surface area contributed by atoms with Gasteiger partial charge >= 0.3 is 0 Å². The van der Waals surface area contributed by atoms with Crippen LogP contribution in [0.15, 0.2) is 4.52 Å². The number of rotatable bonds is 2. The Balaban J connectivity index is 2.30.